The van der Waals surface area contributed by atoms with E-state index in [1.807, 2.05) is 6.92 Å². The third-order valence-corrected chi connectivity index (χ3v) is 4.62. The van der Waals surface area contributed by atoms with Gasteiger partial charge in [0.05, 0.1) is 12.1 Å². The summed E-state index contributed by atoms with van der Waals surface area (Å²) in [5.41, 5.74) is 2.77. The maximum Gasteiger partial charge on any atom is 0.237 e. The zero-order valence-corrected chi connectivity index (χ0v) is 12.7. The molecule has 4 nitrogen and oxygen atoms in total. The average molecular weight is 288 g/mol. The number of hydrogen-bond acceptors (Lipinski definition) is 3. The highest BCUT2D eigenvalue weighted by atomic mass is 16.5. The molecule has 1 saturated heterocycles. The molecule has 1 fully saturated rings. The molecule has 0 aliphatic carbocycles. The van der Waals surface area contributed by atoms with E-state index in [2.05, 4.69) is 34.5 Å². The summed E-state index contributed by atoms with van der Waals surface area (Å²) >= 11 is 0. The largest absolute Gasteiger partial charge is 0.376 e. The zero-order valence-electron chi connectivity index (χ0n) is 12.7. The highest BCUT2D eigenvalue weighted by molar-refractivity contribution is 5.81. The number of carbonyl (C=O) groups is 1. The Labute approximate surface area is 126 Å². The maximum atomic E-state index is 12.3. The fourth-order valence-electron chi connectivity index (χ4n) is 3.18. The Bertz CT molecular complexity index is 497. The highest BCUT2D eigenvalue weighted by Gasteiger charge is 2.26. The summed E-state index contributed by atoms with van der Waals surface area (Å²) in [6, 6.07) is 8.43. The standard InChI is InChI=1S/C17H24N2O2/c1-13(17(20)18-11-16-7-4-10-21-16)19-9-8-14-5-2-3-6-15(14)12-19/h2-3,5-6,13,16H,4,7-12H2,1H3,(H,18,20). The van der Waals surface area contributed by atoms with Gasteiger partial charge in [-0.25, -0.2) is 0 Å². The number of rotatable bonds is 4. The van der Waals surface area contributed by atoms with Crippen molar-refractivity contribution in [2.75, 3.05) is 19.7 Å². The molecule has 0 aromatic heterocycles. The van der Waals surface area contributed by atoms with Gasteiger partial charge >= 0.3 is 0 Å². The van der Waals surface area contributed by atoms with Crippen molar-refractivity contribution in [1.82, 2.24) is 10.2 Å². The van der Waals surface area contributed by atoms with E-state index in [0.29, 0.717) is 6.54 Å². The number of amides is 1. The van der Waals surface area contributed by atoms with Crippen molar-refractivity contribution in [3.63, 3.8) is 0 Å². The molecule has 21 heavy (non-hydrogen) atoms. The SMILES string of the molecule is CC(C(=O)NCC1CCCO1)N1CCc2ccccc2C1. The van der Waals surface area contributed by atoms with Gasteiger partial charge in [-0.15, -0.1) is 0 Å². The molecule has 2 aliphatic rings. The van der Waals surface area contributed by atoms with E-state index in [-0.39, 0.29) is 18.1 Å². The number of ether oxygens (including phenoxy) is 1. The topological polar surface area (TPSA) is 41.6 Å². The Morgan fingerprint density at radius 3 is 3.00 bits per heavy atom. The molecule has 2 heterocycles. The summed E-state index contributed by atoms with van der Waals surface area (Å²) in [7, 11) is 0. The molecule has 1 N–H and O–H groups in total. The van der Waals surface area contributed by atoms with Crippen LogP contribution in [-0.4, -0.2) is 42.6 Å². The smallest absolute Gasteiger partial charge is 0.237 e. The molecule has 1 amide bonds. The van der Waals surface area contributed by atoms with Gasteiger partial charge in [0.1, 0.15) is 0 Å². The molecular weight excluding hydrogens is 264 g/mol. The molecule has 0 radical (unpaired) electrons. The number of carbonyl (C=O) groups excluding carboxylic acids is 1. The van der Waals surface area contributed by atoms with Gasteiger partial charge in [-0.1, -0.05) is 24.3 Å². The lowest BCUT2D eigenvalue weighted by atomic mass is 9.99. The molecule has 2 aliphatic heterocycles. The second-order valence-electron chi connectivity index (χ2n) is 6.05. The zero-order chi connectivity index (χ0) is 14.7. The molecule has 2 unspecified atom stereocenters. The number of fused-ring (bicyclic) bond motifs is 1. The van der Waals surface area contributed by atoms with Crippen LogP contribution in [0.5, 0.6) is 0 Å². The van der Waals surface area contributed by atoms with Crippen LogP contribution in [0.4, 0.5) is 0 Å². The Kier molecular flexibility index (Phi) is 4.56. The van der Waals surface area contributed by atoms with Gasteiger partial charge in [-0.2, -0.15) is 0 Å². The van der Waals surface area contributed by atoms with Crippen LogP contribution in [0.2, 0.25) is 0 Å². The summed E-state index contributed by atoms with van der Waals surface area (Å²) < 4.78 is 5.55. The Morgan fingerprint density at radius 2 is 2.24 bits per heavy atom. The van der Waals surface area contributed by atoms with E-state index >= 15 is 0 Å². The van der Waals surface area contributed by atoms with Gasteiger partial charge in [0, 0.05) is 26.2 Å². The molecule has 1 aromatic rings. The lowest BCUT2D eigenvalue weighted by molar-refractivity contribution is -0.126. The van der Waals surface area contributed by atoms with Crippen LogP contribution in [0, 0.1) is 0 Å². The minimum absolute atomic E-state index is 0.0836. The Balaban J connectivity index is 1.53. The van der Waals surface area contributed by atoms with E-state index in [0.717, 1.165) is 39.0 Å². The summed E-state index contributed by atoms with van der Waals surface area (Å²) in [5, 5.41) is 3.04. The minimum Gasteiger partial charge on any atom is -0.376 e. The number of benzene rings is 1. The molecular formula is C17H24N2O2. The predicted molar refractivity (Wildman–Crippen MR) is 82.0 cm³/mol. The lowest BCUT2D eigenvalue weighted by Crippen LogP contribution is -2.48. The van der Waals surface area contributed by atoms with E-state index in [9.17, 15) is 4.79 Å². The van der Waals surface area contributed by atoms with Crippen LogP contribution in [0.25, 0.3) is 0 Å². The molecule has 0 bridgehead atoms. The third kappa shape index (κ3) is 3.44. The van der Waals surface area contributed by atoms with Crippen LogP contribution in [0.15, 0.2) is 24.3 Å². The predicted octanol–water partition coefficient (Wildman–Crippen LogP) is 1.73. The molecule has 114 valence electrons. The van der Waals surface area contributed by atoms with Crippen LogP contribution in [-0.2, 0) is 22.5 Å². The quantitative estimate of drug-likeness (QED) is 0.917. The van der Waals surface area contributed by atoms with Gasteiger partial charge in [-0.05, 0) is 37.3 Å². The van der Waals surface area contributed by atoms with Gasteiger partial charge < -0.3 is 10.1 Å². The first-order chi connectivity index (χ1) is 10.2. The van der Waals surface area contributed by atoms with Crippen molar-refractivity contribution in [3.8, 4) is 0 Å². The first-order valence-corrected chi connectivity index (χ1v) is 7.94. The monoisotopic (exact) mass is 288 g/mol. The molecule has 4 heteroatoms. The molecule has 0 spiro atoms. The van der Waals surface area contributed by atoms with Crippen molar-refractivity contribution < 1.29 is 9.53 Å². The van der Waals surface area contributed by atoms with Crippen molar-refractivity contribution in [1.29, 1.82) is 0 Å². The summed E-state index contributed by atoms with van der Waals surface area (Å²) in [6.45, 7) is 5.29. The highest BCUT2D eigenvalue weighted by Crippen LogP contribution is 2.20. The van der Waals surface area contributed by atoms with Crippen LogP contribution in [0.3, 0.4) is 0 Å². The van der Waals surface area contributed by atoms with E-state index in [4.69, 9.17) is 4.74 Å². The van der Waals surface area contributed by atoms with Gasteiger partial charge in [0.15, 0.2) is 0 Å². The first kappa shape index (κ1) is 14.5. The molecule has 1 aromatic carbocycles. The van der Waals surface area contributed by atoms with Gasteiger partial charge in [0.25, 0.3) is 0 Å². The lowest BCUT2D eigenvalue weighted by Gasteiger charge is -2.33. The van der Waals surface area contributed by atoms with Gasteiger partial charge in [-0.3, -0.25) is 9.69 Å². The van der Waals surface area contributed by atoms with Crippen LogP contribution in [0.1, 0.15) is 30.9 Å². The molecule has 0 saturated carbocycles. The third-order valence-electron chi connectivity index (χ3n) is 4.62. The van der Waals surface area contributed by atoms with Crippen molar-refractivity contribution >= 4 is 5.91 Å². The van der Waals surface area contributed by atoms with E-state index in [1.54, 1.807) is 0 Å². The Hall–Kier alpha value is -1.39. The maximum absolute atomic E-state index is 12.3. The minimum atomic E-state index is -0.0836. The summed E-state index contributed by atoms with van der Waals surface area (Å²) in [4.78, 5) is 14.6. The molecule has 2 atom stereocenters. The summed E-state index contributed by atoms with van der Waals surface area (Å²) in [6.07, 6.45) is 3.41. The van der Waals surface area contributed by atoms with E-state index in [1.165, 1.54) is 11.1 Å². The second-order valence-corrected chi connectivity index (χ2v) is 6.05. The van der Waals surface area contributed by atoms with E-state index < -0.39 is 0 Å². The van der Waals surface area contributed by atoms with Crippen LogP contribution >= 0.6 is 0 Å². The second kappa shape index (κ2) is 6.58. The summed E-state index contributed by atoms with van der Waals surface area (Å²) in [5.74, 6) is 0.116. The van der Waals surface area contributed by atoms with Crippen LogP contribution < -0.4 is 5.32 Å². The normalized spacial score (nSPS) is 23.6. The van der Waals surface area contributed by atoms with Crippen molar-refractivity contribution in [3.05, 3.63) is 35.4 Å². The molecule has 3 rings (SSSR count). The number of hydrogen-bond donors (Lipinski definition) is 1. The number of nitrogens with one attached hydrogen (secondary N) is 1. The van der Waals surface area contributed by atoms with Crippen molar-refractivity contribution in [2.45, 2.75) is 44.9 Å². The van der Waals surface area contributed by atoms with Gasteiger partial charge in [0.2, 0.25) is 5.91 Å². The Morgan fingerprint density at radius 1 is 1.43 bits per heavy atom. The van der Waals surface area contributed by atoms with Crippen molar-refractivity contribution in [2.24, 2.45) is 0 Å². The first-order valence-electron chi connectivity index (χ1n) is 7.94. The average Bonchev–Trinajstić information content (AvgIpc) is 3.05. The fourth-order valence-corrected chi connectivity index (χ4v) is 3.18. The number of nitrogens with zero attached hydrogens (tertiary/aromatic N) is 1. The fraction of sp³-hybridized carbons (Fsp3) is 0.588.